The summed E-state index contributed by atoms with van der Waals surface area (Å²) in [7, 11) is 0. The number of hydrogen-bond donors (Lipinski definition) is 2. The zero-order valence-corrected chi connectivity index (χ0v) is 19.2. The number of carbonyl (C=O) groups excluding carboxylic acids is 1. The predicted molar refractivity (Wildman–Crippen MR) is 122 cm³/mol. The fourth-order valence-electron chi connectivity index (χ4n) is 2.93. The Balaban J connectivity index is 0.00000392. The molecule has 0 saturated carbocycles. The molecule has 1 aliphatic heterocycles. The summed E-state index contributed by atoms with van der Waals surface area (Å²) in [5.74, 6) is 0.512. The van der Waals surface area contributed by atoms with Gasteiger partial charge in [0.2, 0.25) is 5.91 Å². The molecule has 1 aliphatic rings. The first-order valence-electron chi connectivity index (χ1n) is 9.77. The largest absolute Gasteiger partial charge is 0.380 e. The summed E-state index contributed by atoms with van der Waals surface area (Å²) >= 11 is 0. The van der Waals surface area contributed by atoms with E-state index in [-0.39, 0.29) is 35.8 Å². The molecule has 1 fully saturated rings. The van der Waals surface area contributed by atoms with Gasteiger partial charge in [0.15, 0.2) is 5.96 Å². The van der Waals surface area contributed by atoms with E-state index in [1.54, 1.807) is 0 Å². The summed E-state index contributed by atoms with van der Waals surface area (Å²) in [6, 6.07) is 9.87. The van der Waals surface area contributed by atoms with Gasteiger partial charge in [0.25, 0.3) is 0 Å². The number of hydrogen-bond acceptors (Lipinski definition) is 4. The summed E-state index contributed by atoms with van der Waals surface area (Å²) in [5, 5.41) is 6.47. The van der Waals surface area contributed by atoms with Crippen LogP contribution in [0.25, 0.3) is 0 Å². The first kappa shape index (κ1) is 24.6. The van der Waals surface area contributed by atoms with Crippen molar-refractivity contribution >= 4 is 35.8 Å². The number of halogens is 1. The Morgan fingerprint density at radius 2 is 1.93 bits per heavy atom. The van der Waals surface area contributed by atoms with Crippen molar-refractivity contribution in [3.63, 3.8) is 0 Å². The molecule has 0 aromatic heterocycles. The molecular formula is C20H33IN4O3. The van der Waals surface area contributed by atoms with E-state index in [2.05, 4.69) is 15.6 Å². The highest BCUT2D eigenvalue weighted by Crippen LogP contribution is 2.20. The molecule has 2 rings (SSSR count). The van der Waals surface area contributed by atoms with Crippen LogP contribution in [-0.2, 0) is 14.3 Å². The smallest absolute Gasteiger partial charge is 0.232 e. The third-order valence-electron chi connectivity index (χ3n) is 4.34. The van der Waals surface area contributed by atoms with Crippen LogP contribution >= 0.6 is 24.0 Å². The quantitative estimate of drug-likeness (QED) is 0.233. The lowest BCUT2D eigenvalue weighted by molar-refractivity contribution is -0.136. The number of guanidine groups is 1. The van der Waals surface area contributed by atoms with Gasteiger partial charge in [0, 0.05) is 32.8 Å². The van der Waals surface area contributed by atoms with E-state index in [4.69, 9.17) is 9.47 Å². The Kier molecular flexibility index (Phi) is 12.8. The molecule has 28 heavy (non-hydrogen) atoms. The Morgan fingerprint density at radius 1 is 1.21 bits per heavy atom. The van der Waals surface area contributed by atoms with Crippen LogP contribution in [0, 0.1) is 0 Å². The average molecular weight is 504 g/mol. The third kappa shape index (κ3) is 8.32. The first-order chi connectivity index (χ1) is 13.3. The molecule has 1 unspecified atom stereocenters. The normalized spacial score (nSPS) is 15.5. The second kappa shape index (κ2) is 14.6. The molecule has 8 heteroatoms. The third-order valence-corrected chi connectivity index (χ3v) is 4.34. The van der Waals surface area contributed by atoms with Gasteiger partial charge in [-0.3, -0.25) is 9.79 Å². The van der Waals surface area contributed by atoms with Crippen molar-refractivity contribution in [2.24, 2.45) is 4.99 Å². The van der Waals surface area contributed by atoms with Gasteiger partial charge in [-0.2, -0.15) is 0 Å². The number of morpholine rings is 1. The number of rotatable bonds is 9. The Bertz CT molecular complexity index is 580. The van der Waals surface area contributed by atoms with Crippen LogP contribution in [0.5, 0.6) is 0 Å². The van der Waals surface area contributed by atoms with E-state index in [0.29, 0.717) is 58.6 Å². The topological polar surface area (TPSA) is 75.2 Å². The number of nitrogens with one attached hydrogen (secondary N) is 2. The van der Waals surface area contributed by atoms with E-state index in [0.717, 1.165) is 12.1 Å². The number of nitrogens with zero attached hydrogens (tertiary/aromatic N) is 2. The van der Waals surface area contributed by atoms with Crippen LogP contribution in [0.1, 0.15) is 25.3 Å². The van der Waals surface area contributed by atoms with Crippen molar-refractivity contribution < 1.29 is 14.3 Å². The fourth-order valence-corrected chi connectivity index (χ4v) is 2.93. The standard InChI is InChI=1S/C20H32N4O3.HI/c1-3-21-20(22-10-13-26-4-2)23-16-18(17-8-6-5-7-9-17)19(25)24-11-14-27-15-12-24;/h5-9,18H,3-4,10-16H2,1-2H3,(H2,21,22,23);1H. The van der Waals surface area contributed by atoms with E-state index in [9.17, 15) is 4.79 Å². The van der Waals surface area contributed by atoms with Crippen molar-refractivity contribution in [1.29, 1.82) is 0 Å². The van der Waals surface area contributed by atoms with Crippen LogP contribution in [0.2, 0.25) is 0 Å². The van der Waals surface area contributed by atoms with Crippen LogP contribution < -0.4 is 10.6 Å². The van der Waals surface area contributed by atoms with Gasteiger partial charge < -0.3 is 25.0 Å². The maximum atomic E-state index is 13.1. The zero-order valence-electron chi connectivity index (χ0n) is 16.9. The molecule has 1 amide bonds. The lowest BCUT2D eigenvalue weighted by atomic mass is 9.97. The van der Waals surface area contributed by atoms with Crippen LogP contribution in [0.3, 0.4) is 0 Å². The summed E-state index contributed by atoms with van der Waals surface area (Å²) in [6.07, 6.45) is 0. The monoisotopic (exact) mass is 504 g/mol. The Hall–Kier alpha value is -1.39. The first-order valence-corrected chi connectivity index (χ1v) is 9.77. The Morgan fingerprint density at radius 3 is 2.57 bits per heavy atom. The van der Waals surface area contributed by atoms with Gasteiger partial charge in [0.05, 0.1) is 32.3 Å². The maximum absolute atomic E-state index is 13.1. The second-order valence-corrected chi connectivity index (χ2v) is 6.24. The molecule has 158 valence electrons. The molecule has 2 N–H and O–H groups in total. The minimum atomic E-state index is -0.299. The summed E-state index contributed by atoms with van der Waals surface area (Å²) in [6.45, 7) is 9.60. The molecule has 0 spiro atoms. The minimum absolute atomic E-state index is 0. The summed E-state index contributed by atoms with van der Waals surface area (Å²) in [5.41, 5.74) is 0.989. The second-order valence-electron chi connectivity index (χ2n) is 6.24. The van der Waals surface area contributed by atoms with E-state index in [1.807, 2.05) is 49.1 Å². The molecule has 0 aliphatic carbocycles. The van der Waals surface area contributed by atoms with Crippen molar-refractivity contribution in [3.8, 4) is 0 Å². The fraction of sp³-hybridized carbons (Fsp3) is 0.600. The van der Waals surface area contributed by atoms with E-state index in [1.165, 1.54) is 0 Å². The predicted octanol–water partition coefficient (Wildman–Crippen LogP) is 1.84. The van der Waals surface area contributed by atoms with Gasteiger partial charge >= 0.3 is 0 Å². The van der Waals surface area contributed by atoms with Gasteiger partial charge in [-0.05, 0) is 19.4 Å². The number of amides is 1. The lowest BCUT2D eigenvalue weighted by Gasteiger charge is -2.30. The number of ether oxygens (including phenoxy) is 2. The number of benzene rings is 1. The van der Waals surface area contributed by atoms with E-state index >= 15 is 0 Å². The molecule has 7 nitrogen and oxygen atoms in total. The SMILES string of the molecule is CCNC(=NCC(C(=O)N1CCOCC1)c1ccccc1)NCCOCC.I. The highest BCUT2D eigenvalue weighted by Gasteiger charge is 2.27. The Labute approximate surface area is 185 Å². The molecule has 0 radical (unpaired) electrons. The number of carbonyl (C=O) groups is 1. The minimum Gasteiger partial charge on any atom is -0.380 e. The molecule has 1 aromatic rings. The van der Waals surface area contributed by atoms with Crippen LogP contribution in [-0.4, -0.2) is 75.9 Å². The zero-order chi connectivity index (χ0) is 19.3. The van der Waals surface area contributed by atoms with Gasteiger partial charge in [-0.15, -0.1) is 24.0 Å². The molecule has 1 aromatic carbocycles. The van der Waals surface area contributed by atoms with Gasteiger partial charge in [-0.1, -0.05) is 30.3 Å². The number of aliphatic imine (C=N–C) groups is 1. The molecule has 1 atom stereocenters. The highest BCUT2D eigenvalue weighted by atomic mass is 127. The van der Waals surface area contributed by atoms with Crippen LogP contribution in [0.4, 0.5) is 0 Å². The lowest BCUT2D eigenvalue weighted by Crippen LogP contribution is -2.44. The highest BCUT2D eigenvalue weighted by molar-refractivity contribution is 14.0. The van der Waals surface area contributed by atoms with Crippen molar-refractivity contribution in [2.75, 3.05) is 59.2 Å². The van der Waals surface area contributed by atoms with Crippen molar-refractivity contribution in [2.45, 2.75) is 19.8 Å². The van der Waals surface area contributed by atoms with Gasteiger partial charge in [0.1, 0.15) is 0 Å². The van der Waals surface area contributed by atoms with Crippen molar-refractivity contribution in [1.82, 2.24) is 15.5 Å². The molecule has 1 heterocycles. The summed E-state index contributed by atoms with van der Waals surface area (Å²) in [4.78, 5) is 19.7. The van der Waals surface area contributed by atoms with E-state index < -0.39 is 0 Å². The average Bonchev–Trinajstić information content (AvgIpc) is 2.72. The maximum Gasteiger partial charge on any atom is 0.232 e. The summed E-state index contributed by atoms with van der Waals surface area (Å²) < 4.78 is 10.7. The molecule has 0 bridgehead atoms. The van der Waals surface area contributed by atoms with Crippen LogP contribution in [0.15, 0.2) is 35.3 Å². The van der Waals surface area contributed by atoms with Gasteiger partial charge in [-0.25, -0.2) is 0 Å². The van der Waals surface area contributed by atoms with Crippen molar-refractivity contribution in [3.05, 3.63) is 35.9 Å². The molecule has 1 saturated heterocycles. The molecular weight excluding hydrogens is 471 g/mol.